The van der Waals surface area contributed by atoms with Crippen molar-refractivity contribution >= 4 is 12.2 Å². The lowest BCUT2D eigenvalue weighted by Crippen LogP contribution is -2.24. The summed E-state index contributed by atoms with van der Waals surface area (Å²) in [4.78, 5) is 11.6. The minimum Gasteiger partial charge on any atom is -0.493 e. The number of hydrogen-bond donors (Lipinski definition) is 1. The molecule has 0 saturated carbocycles. The van der Waals surface area contributed by atoms with Gasteiger partial charge in [-0.3, -0.25) is 0 Å². The summed E-state index contributed by atoms with van der Waals surface area (Å²) in [6.07, 6.45) is 2.88. The van der Waals surface area contributed by atoms with E-state index in [-0.39, 0.29) is 24.7 Å². The average Bonchev–Trinajstić information content (AvgIpc) is 2.65. The number of methoxy groups -OCH3 is 1. The molecule has 0 aliphatic rings. The summed E-state index contributed by atoms with van der Waals surface area (Å²) in [5.74, 6) is 0.157. The zero-order chi connectivity index (χ0) is 18.8. The number of carbonyl (C=O) groups excluding carboxylic acids is 1. The van der Waals surface area contributed by atoms with E-state index < -0.39 is 12.7 Å². The first-order valence-electron chi connectivity index (χ1n) is 7.82. The van der Waals surface area contributed by atoms with Gasteiger partial charge in [0.25, 0.3) is 0 Å². The number of ether oxygens (including phenoxy) is 3. The van der Waals surface area contributed by atoms with Crippen LogP contribution in [-0.2, 0) is 11.3 Å². The molecule has 0 atom stereocenters. The first-order chi connectivity index (χ1) is 12.6. The van der Waals surface area contributed by atoms with Crippen molar-refractivity contribution in [3.8, 4) is 11.5 Å². The second-order valence-electron chi connectivity index (χ2n) is 5.13. The van der Waals surface area contributed by atoms with Crippen molar-refractivity contribution in [1.82, 2.24) is 5.32 Å². The average molecular weight is 363 g/mol. The van der Waals surface area contributed by atoms with Gasteiger partial charge in [0, 0.05) is 6.54 Å². The Bertz CT molecular complexity index is 736. The first-order valence-corrected chi connectivity index (χ1v) is 7.82. The van der Waals surface area contributed by atoms with E-state index >= 15 is 0 Å². The molecule has 2 aromatic rings. The second kappa shape index (κ2) is 10.0. The number of rotatable bonds is 8. The van der Waals surface area contributed by atoms with Crippen molar-refractivity contribution in [2.45, 2.75) is 13.2 Å². The van der Waals surface area contributed by atoms with Crippen LogP contribution in [0.1, 0.15) is 11.1 Å². The van der Waals surface area contributed by atoms with Crippen LogP contribution in [0, 0.1) is 0 Å². The van der Waals surface area contributed by atoms with Crippen LogP contribution in [0.3, 0.4) is 0 Å². The second-order valence-corrected chi connectivity index (χ2v) is 5.13. The van der Waals surface area contributed by atoms with Gasteiger partial charge < -0.3 is 19.5 Å². The van der Waals surface area contributed by atoms with E-state index in [1.54, 1.807) is 24.3 Å². The predicted molar refractivity (Wildman–Crippen MR) is 93.3 cm³/mol. The van der Waals surface area contributed by atoms with E-state index in [1.165, 1.54) is 13.2 Å². The molecule has 0 radical (unpaired) electrons. The number of carbonyl (C=O) groups is 1. The SMILES string of the molecule is COc1cc(C=CCNC(=O)OCc2ccccc2)ccc1OC(F)F. The molecular weight excluding hydrogens is 344 g/mol. The molecule has 0 aliphatic heterocycles. The standard InChI is InChI=1S/C19H19F2NO4/c1-24-17-12-14(9-10-16(17)26-18(20)21)8-5-11-22-19(23)25-13-15-6-3-2-4-7-15/h2-10,12,18H,11,13H2,1H3,(H,22,23). The summed E-state index contributed by atoms with van der Waals surface area (Å²) >= 11 is 0. The van der Waals surface area contributed by atoms with Gasteiger partial charge in [-0.15, -0.1) is 0 Å². The molecule has 138 valence electrons. The summed E-state index contributed by atoms with van der Waals surface area (Å²) in [7, 11) is 1.37. The highest BCUT2D eigenvalue weighted by molar-refractivity contribution is 5.67. The number of amides is 1. The van der Waals surface area contributed by atoms with Gasteiger partial charge in [-0.25, -0.2) is 4.79 Å². The van der Waals surface area contributed by atoms with Gasteiger partial charge in [0.2, 0.25) is 0 Å². The molecule has 0 fully saturated rings. The molecule has 1 N–H and O–H groups in total. The summed E-state index contributed by atoms with van der Waals surface area (Å²) in [6.45, 7) is -2.47. The highest BCUT2D eigenvalue weighted by Gasteiger charge is 2.10. The zero-order valence-electron chi connectivity index (χ0n) is 14.2. The van der Waals surface area contributed by atoms with Gasteiger partial charge in [0.15, 0.2) is 11.5 Å². The molecule has 0 aromatic heterocycles. The van der Waals surface area contributed by atoms with Gasteiger partial charge >= 0.3 is 12.7 Å². The summed E-state index contributed by atoms with van der Waals surface area (Å²) in [5.41, 5.74) is 1.61. The molecule has 2 rings (SSSR count). The monoisotopic (exact) mass is 363 g/mol. The van der Waals surface area contributed by atoms with Crippen molar-refractivity contribution < 1.29 is 27.8 Å². The van der Waals surface area contributed by atoms with Gasteiger partial charge in [-0.1, -0.05) is 48.6 Å². The van der Waals surface area contributed by atoms with Gasteiger partial charge in [-0.2, -0.15) is 8.78 Å². The number of alkyl halides is 2. The molecule has 0 heterocycles. The molecule has 0 spiro atoms. The number of alkyl carbamates (subject to hydrolysis) is 1. The van der Waals surface area contributed by atoms with Crippen LogP contribution in [0.2, 0.25) is 0 Å². The van der Waals surface area contributed by atoms with Crippen LogP contribution in [0.4, 0.5) is 13.6 Å². The Morgan fingerprint density at radius 2 is 1.92 bits per heavy atom. The molecule has 0 unspecified atom stereocenters. The largest absolute Gasteiger partial charge is 0.493 e. The maximum absolute atomic E-state index is 12.3. The topological polar surface area (TPSA) is 56.8 Å². The number of benzene rings is 2. The number of hydrogen-bond acceptors (Lipinski definition) is 4. The van der Waals surface area contributed by atoms with Gasteiger partial charge in [0.1, 0.15) is 6.61 Å². The zero-order valence-corrected chi connectivity index (χ0v) is 14.2. The summed E-state index contributed by atoms with van der Waals surface area (Å²) in [5, 5.41) is 2.59. The Morgan fingerprint density at radius 3 is 2.62 bits per heavy atom. The van der Waals surface area contributed by atoms with Crippen LogP contribution in [0.15, 0.2) is 54.6 Å². The van der Waals surface area contributed by atoms with Crippen LogP contribution < -0.4 is 14.8 Å². The van der Waals surface area contributed by atoms with E-state index in [9.17, 15) is 13.6 Å². The number of halogens is 2. The van der Waals surface area contributed by atoms with E-state index in [0.717, 1.165) is 5.56 Å². The maximum atomic E-state index is 12.3. The molecular formula is C19H19F2NO4. The van der Waals surface area contributed by atoms with Crippen LogP contribution in [0.25, 0.3) is 6.08 Å². The lowest BCUT2D eigenvalue weighted by atomic mass is 10.2. The highest BCUT2D eigenvalue weighted by atomic mass is 19.3. The molecule has 1 amide bonds. The van der Waals surface area contributed by atoms with Crippen molar-refractivity contribution in [2.24, 2.45) is 0 Å². The fourth-order valence-corrected chi connectivity index (χ4v) is 2.09. The fourth-order valence-electron chi connectivity index (χ4n) is 2.09. The predicted octanol–water partition coefficient (Wildman–Crippen LogP) is 4.24. The molecule has 26 heavy (non-hydrogen) atoms. The van der Waals surface area contributed by atoms with Crippen LogP contribution in [-0.4, -0.2) is 26.4 Å². The third-order valence-electron chi connectivity index (χ3n) is 3.29. The van der Waals surface area contributed by atoms with Crippen molar-refractivity contribution in [2.75, 3.05) is 13.7 Å². The molecule has 0 saturated heterocycles. The molecule has 0 bridgehead atoms. The van der Waals surface area contributed by atoms with Crippen molar-refractivity contribution in [3.63, 3.8) is 0 Å². The third-order valence-corrected chi connectivity index (χ3v) is 3.29. The van der Waals surface area contributed by atoms with E-state index in [0.29, 0.717) is 5.56 Å². The van der Waals surface area contributed by atoms with Gasteiger partial charge in [-0.05, 0) is 23.3 Å². The minimum atomic E-state index is -2.92. The Labute approximate surface area is 150 Å². The lowest BCUT2D eigenvalue weighted by Gasteiger charge is -2.10. The number of nitrogens with one attached hydrogen (secondary N) is 1. The molecule has 0 aliphatic carbocycles. The first kappa shape index (κ1) is 19.2. The Morgan fingerprint density at radius 1 is 1.15 bits per heavy atom. The molecule has 2 aromatic carbocycles. The third kappa shape index (κ3) is 6.43. The lowest BCUT2D eigenvalue weighted by molar-refractivity contribution is -0.0512. The Balaban J connectivity index is 1.79. The smallest absolute Gasteiger partial charge is 0.407 e. The summed E-state index contributed by atoms with van der Waals surface area (Å²) in [6, 6.07) is 13.9. The normalized spacial score (nSPS) is 10.8. The van der Waals surface area contributed by atoms with Crippen LogP contribution >= 0.6 is 0 Å². The molecule has 5 nitrogen and oxygen atoms in total. The van der Waals surface area contributed by atoms with Crippen molar-refractivity contribution in [3.05, 3.63) is 65.7 Å². The Hall–Kier alpha value is -3.09. The van der Waals surface area contributed by atoms with Crippen LogP contribution in [0.5, 0.6) is 11.5 Å². The Kier molecular flexibility index (Phi) is 7.42. The van der Waals surface area contributed by atoms with Crippen molar-refractivity contribution in [1.29, 1.82) is 0 Å². The van der Waals surface area contributed by atoms with Gasteiger partial charge in [0.05, 0.1) is 7.11 Å². The molecule has 7 heteroatoms. The van der Waals surface area contributed by atoms with E-state index in [4.69, 9.17) is 9.47 Å². The van der Waals surface area contributed by atoms with E-state index in [1.807, 2.05) is 30.3 Å². The maximum Gasteiger partial charge on any atom is 0.407 e. The van der Waals surface area contributed by atoms with E-state index in [2.05, 4.69) is 10.1 Å². The highest BCUT2D eigenvalue weighted by Crippen LogP contribution is 2.29. The quantitative estimate of drug-likeness (QED) is 0.762. The minimum absolute atomic E-state index is 0.0396. The summed E-state index contributed by atoms with van der Waals surface area (Å²) < 4.78 is 39.0. The fraction of sp³-hybridized carbons (Fsp3) is 0.211.